The summed E-state index contributed by atoms with van der Waals surface area (Å²) < 4.78 is 0. The summed E-state index contributed by atoms with van der Waals surface area (Å²) in [6, 6.07) is 6.26. The molecule has 0 saturated heterocycles. The Morgan fingerprint density at radius 2 is 2.12 bits per heavy atom. The van der Waals surface area contributed by atoms with E-state index < -0.39 is 5.97 Å². The fourth-order valence-electron chi connectivity index (χ4n) is 1.57. The number of carbonyl (C=O) groups is 1. The Morgan fingerprint density at radius 3 is 2.81 bits per heavy atom. The van der Waals surface area contributed by atoms with Crippen LogP contribution in [0.3, 0.4) is 0 Å². The number of hydrogen-bond donors (Lipinski definition) is 1. The first kappa shape index (κ1) is 11.4. The summed E-state index contributed by atoms with van der Waals surface area (Å²) in [5.41, 5.74) is 1.27. The third-order valence-electron chi connectivity index (χ3n) is 2.35. The number of carboxylic acid groups (broad SMARTS) is 1. The van der Waals surface area contributed by atoms with E-state index in [2.05, 4.69) is 17.5 Å². The Bertz CT molecular complexity index is 457. The summed E-state index contributed by atoms with van der Waals surface area (Å²) in [4.78, 5) is 13.1. The maximum Gasteiger partial charge on any atom is 0.303 e. The first-order valence-electron chi connectivity index (χ1n) is 5.05. The van der Waals surface area contributed by atoms with Crippen LogP contribution in [0.2, 0.25) is 0 Å². The number of rotatable bonds is 5. The molecule has 0 bridgehead atoms. The summed E-state index contributed by atoms with van der Waals surface area (Å²) in [6.45, 7) is 0. The van der Waals surface area contributed by atoms with Crippen LogP contribution in [0.1, 0.15) is 21.7 Å². The molecule has 0 aliphatic rings. The van der Waals surface area contributed by atoms with Crippen LogP contribution in [-0.2, 0) is 17.6 Å². The third-order valence-corrected chi connectivity index (χ3v) is 4.25. The van der Waals surface area contributed by atoms with Gasteiger partial charge in [-0.2, -0.15) is 0 Å². The molecule has 2 heterocycles. The van der Waals surface area contributed by atoms with Gasteiger partial charge < -0.3 is 5.11 Å². The first-order valence-corrected chi connectivity index (χ1v) is 6.81. The van der Waals surface area contributed by atoms with Gasteiger partial charge in [0.25, 0.3) is 0 Å². The SMILES string of the molecule is O=C(O)CCc1sccc1Cc1cccs1. The van der Waals surface area contributed by atoms with E-state index in [0.29, 0.717) is 6.42 Å². The second-order valence-electron chi connectivity index (χ2n) is 3.52. The minimum Gasteiger partial charge on any atom is -0.481 e. The van der Waals surface area contributed by atoms with Crippen LogP contribution in [0.25, 0.3) is 0 Å². The second-order valence-corrected chi connectivity index (χ2v) is 5.55. The number of carboxylic acids is 1. The van der Waals surface area contributed by atoms with Crippen LogP contribution >= 0.6 is 22.7 Å². The normalized spacial score (nSPS) is 10.5. The molecule has 16 heavy (non-hydrogen) atoms. The van der Waals surface area contributed by atoms with Crippen LogP contribution in [-0.4, -0.2) is 11.1 Å². The maximum absolute atomic E-state index is 10.5. The van der Waals surface area contributed by atoms with Gasteiger partial charge in [-0.15, -0.1) is 22.7 Å². The van der Waals surface area contributed by atoms with Crippen LogP contribution < -0.4 is 0 Å². The fraction of sp³-hybridized carbons (Fsp3) is 0.250. The van der Waals surface area contributed by atoms with E-state index in [-0.39, 0.29) is 6.42 Å². The highest BCUT2D eigenvalue weighted by atomic mass is 32.1. The lowest BCUT2D eigenvalue weighted by Gasteiger charge is -2.00. The molecule has 0 aliphatic heterocycles. The molecule has 0 amide bonds. The van der Waals surface area contributed by atoms with E-state index in [9.17, 15) is 4.79 Å². The monoisotopic (exact) mass is 252 g/mol. The van der Waals surface area contributed by atoms with Gasteiger partial charge in [-0.05, 0) is 34.9 Å². The van der Waals surface area contributed by atoms with Crippen molar-refractivity contribution >= 4 is 28.6 Å². The number of aliphatic carboxylic acids is 1. The van der Waals surface area contributed by atoms with Gasteiger partial charge in [-0.1, -0.05) is 6.07 Å². The zero-order valence-electron chi connectivity index (χ0n) is 8.68. The van der Waals surface area contributed by atoms with E-state index in [4.69, 9.17) is 5.11 Å². The molecule has 0 atom stereocenters. The van der Waals surface area contributed by atoms with Gasteiger partial charge in [0, 0.05) is 16.2 Å². The van der Waals surface area contributed by atoms with E-state index in [1.165, 1.54) is 15.3 Å². The Hall–Kier alpha value is -1.13. The van der Waals surface area contributed by atoms with Crippen molar-refractivity contribution in [3.63, 3.8) is 0 Å². The molecule has 2 aromatic heterocycles. The van der Waals surface area contributed by atoms with E-state index in [1.54, 1.807) is 22.7 Å². The van der Waals surface area contributed by atoms with Gasteiger partial charge in [0.2, 0.25) is 0 Å². The molecule has 2 nitrogen and oxygen atoms in total. The minimum atomic E-state index is -0.726. The van der Waals surface area contributed by atoms with Gasteiger partial charge in [0.15, 0.2) is 0 Å². The molecule has 0 saturated carbocycles. The van der Waals surface area contributed by atoms with Crippen molar-refractivity contribution in [1.82, 2.24) is 0 Å². The highest BCUT2D eigenvalue weighted by Gasteiger charge is 2.07. The average Bonchev–Trinajstić information content (AvgIpc) is 2.87. The van der Waals surface area contributed by atoms with Gasteiger partial charge in [0.1, 0.15) is 0 Å². The van der Waals surface area contributed by atoms with Crippen LogP contribution in [0.15, 0.2) is 29.0 Å². The Balaban J connectivity index is 2.04. The molecular formula is C12H12O2S2. The summed E-state index contributed by atoms with van der Waals surface area (Å²) in [7, 11) is 0. The van der Waals surface area contributed by atoms with Gasteiger partial charge >= 0.3 is 5.97 Å². The summed E-state index contributed by atoms with van der Waals surface area (Å²) in [5.74, 6) is -0.726. The lowest BCUT2D eigenvalue weighted by atomic mass is 10.1. The van der Waals surface area contributed by atoms with Crippen molar-refractivity contribution < 1.29 is 9.90 Å². The lowest BCUT2D eigenvalue weighted by molar-refractivity contribution is -0.136. The first-order chi connectivity index (χ1) is 7.75. The van der Waals surface area contributed by atoms with Crippen molar-refractivity contribution in [2.45, 2.75) is 19.3 Å². The highest BCUT2D eigenvalue weighted by molar-refractivity contribution is 7.10. The van der Waals surface area contributed by atoms with Gasteiger partial charge in [0.05, 0.1) is 6.42 Å². The third kappa shape index (κ3) is 2.93. The molecule has 2 aromatic rings. The molecule has 4 heteroatoms. The summed E-state index contributed by atoms with van der Waals surface area (Å²) in [6.07, 6.45) is 1.79. The quantitative estimate of drug-likeness (QED) is 0.885. The molecule has 0 radical (unpaired) electrons. The van der Waals surface area contributed by atoms with E-state index in [0.717, 1.165) is 6.42 Å². The number of thiophene rings is 2. The molecule has 1 N–H and O–H groups in total. The van der Waals surface area contributed by atoms with Crippen molar-refractivity contribution in [2.24, 2.45) is 0 Å². The second kappa shape index (κ2) is 5.27. The van der Waals surface area contributed by atoms with Crippen molar-refractivity contribution in [3.8, 4) is 0 Å². The summed E-state index contributed by atoms with van der Waals surface area (Å²) in [5, 5.41) is 12.8. The maximum atomic E-state index is 10.5. The fourth-order valence-corrected chi connectivity index (χ4v) is 3.20. The van der Waals surface area contributed by atoms with E-state index in [1.807, 2.05) is 11.4 Å². The van der Waals surface area contributed by atoms with Crippen molar-refractivity contribution in [1.29, 1.82) is 0 Å². The standard InChI is InChI=1S/C12H12O2S2/c13-12(14)4-3-11-9(5-7-16-11)8-10-2-1-6-15-10/h1-2,5-7H,3-4,8H2,(H,13,14). The van der Waals surface area contributed by atoms with Gasteiger partial charge in [-0.3, -0.25) is 4.79 Å². The average molecular weight is 252 g/mol. The molecule has 0 unspecified atom stereocenters. The van der Waals surface area contributed by atoms with E-state index >= 15 is 0 Å². The largest absolute Gasteiger partial charge is 0.481 e. The van der Waals surface area contributed by atoms with Crippen molar-refractivity contribution in [3.05, 3.63) is 44.3 Å². The molecule has 0 aliphatic carbocycles. The molecule has 84 valence electrons. The zero-order chi connectivity index (χ0) is 11.4. The predicted molar refractivity (Wildman–Crippen MR) is 67.4 cm³/mol. The minimum absolute atomic E-state index is 0.220. The van der Waals surface area contributed by atoms with Crippen molar-refractivity contribution in [2.75, 3.05) is 0 Å². The number of hydrogen-bond acceptors (Lipinski definition) is 3. The topological polar surface area (TPSA) is 37.3 Å². The predicted octanol–water partition coefficient (Wildman–Crippen LogP) is 3.42. The Morgan fingerprint density at radius 1 is 1.25 bits per heavy atom. The van der Waals surface area contributed by atoms with Gasteiger partial charge in [-0.25, -0.2) is 0 Å². The Kier molecular flexibility index (Phi) is 3.74. The summed E-state index contributed by atoms with van der Waals surface area (Å²) >= 11 is 3.40. The van der Waals surface area contributed by atoms with Crippen LogP contribution in [0, 0.1) is 0 Å². The molecule has 0 spiro atoms. The molecule has 0 fully saturated rings. The van der Waals surface area contributed by atoms with Crippen LogP contribution in [0.4, 0.5) is 0 Å². The molecule has 0 aromatic carbocycles. The Labute approximate surface area is 102 Å². The lowest BCUT2D eigenvalue weighted by Crippen LogP contribution is -1.98. The number of aryl methyl sites for hydroxylation is 1. The molecule has 2 rings (SSSR count). The zero-order valence-corrected chi connectivity index (χ0v) is 10.3. The molecular weight excluding hydrogens is 240 g/mol. The smallest absolute Gasteiger partial charge is 0.303 e. The highest BCUT2D eigenvalue weighted by Crippen LogP contribution is 2.23. The van der Waals surface area contributed by atoms with Crippen LogP contribution in [0.5, 0.6) is 0 Å².